The van der Waals surface area contributed by atoms with Crippen molar-refractivity contribution in [1.82, 2.24) is 15.0 Å². The third-order valence-corrected chi connectivity index (χ3v) is 4.12. The number of pyridine rings is 1. The molecule has 0 saturated carbocycles. The molecule has 21 heavy (non-hydrogen) atoms. The minimum absolute atomic E-state index is 0.873. The average molecular weight is 282 g/mol. The van der Waals surface area contributed by atoms with Gasteiger partial charge in [0.2, 0.25) is 0 Å². The van der Waals surface area contributed by atoms with Gasteiger partial charge in [0.05, 0.1) is 0 Å². The van der Waals surface area contributed by atoms with Crippen LogP contribution in [0.5, 0.6) is 0 Å². The Bertz CT molecular complexity index is 637. The first-order valence-electron chi connectivity index (χ1n) is 7.74. The summed E-state index contributed by atoms with van der Waals surface area (Å²) in [6, 6.07) is 2.09. The maximum atomic E-state index is 4.61. The fraction of sp³-hybridized carbons (Fsp3) is 0.471. The van der Waals surface area contributed by atoms with Crippen molar-refractivity contribution < 1.29 is 0 Å². The Morgan fingerprint density at radius 1 is 1.14 bits per heavy atom. The maximum absolute atomic E-state index is 4.61. The largest absolute Gasteiger partial charge is 0.369 e. The Hall–Kier alpha value is -1.97. The van der Waals surface area contributed by atoms with Gasteiger partial charge in [-0.05, 0) is 63.1 Å². The van der Waals surface area contributed by atoms with Crippen molar-refractivity contribution in [2.75, 3.05) is 11.9 Å². The summed E-state index contributed by atoms with van der Waals surface area (Å²) in [4.78, 5) is 13.3. The predicted octanol–water partition coefficient (Wildman–Crippen LogP) is 3.02. The highest BCUT2D eigenvalue weighted by Gasteiger charge is 2.16. The van der Waals surface area contributed by atoms with Crippen molar-refractivity contribution in [2.45, 2.75) is 46.0 Å². The maximum Gasteiger partial charge on any atom is 0.133 e. The number of aromatic nitrogens is 3. The highest BCUT2D eigenvalue weighted by atomic mass is 15.0. The Morgan fingerprint density at radius 3 is 2.86 bits per heavy atom. The van der Waals surface area contributed by atoms with E-state index in [-0.39, 0.29) is 0 Å². The zero-order chi connectivity index (χ0) is 14.7. The van der Waals surface area contributed by atoms with E-state index in [4.69, 9.17) is 0 Å². The van der Waals surface area contributed by atoms with Crippen LogP contribution in [-0.4, -0.2) is 21.5 Å². The van der Waals surface area contributed by atoms with Gasteiger partial charge in [-0.2, -0.15) is 0 Å². The lowest BCUT2D eigenvalue weighted by atomic mass is 9.96. The van der Waals surface area contributed by atoms with Crippen LogP contribution in [0.2, 0.25) is 0 Å². The van der Waals surface area contributed by atoms with Crippen molar-refractivity contribution in [3.05, 3.63) is 46.7 Å². The van der Waals surface area contributed by atoms with E-state index in [1.165, 1.54) is 35.2 Å². The molecule has 3 rings (SSSR count). The summed E-state index contributed by atoms with van der Waals surface area (Å²) in [5.74, 6) is 1.92. The number of aryl methyl sites for hydroxylation is 3. The molecule has 0 unspecified atom stereocenters. The fourth-order valence-electron chi connectivity index (χ4n) is 2.96. The predicted molar refractivity (Wildman–Crippen MR) is 84.6 cm³/mol. The molecule has 0 atom stereocenters. The third-order valence-electron chi connectivity index (χ3n) is 4.12. The van der Waals surface area contributed by atoms with Gasteiger partial charge in [0.25, 0.3) is 0 Å². The van der Waals surface area contributed by atoms with Gasteiger partial charge in [-0.3, -0.25) is 4.98 Å². The van der Waals surface area contributed by atoms with Gasteiger partial charge in [-0.25, -0.2) is 9.97 Å². The van der Waals surface area contributed by atoms with Gasteiger partial charge in [-0.1, -0.05) is 0 Å². The highest BCUT2D eigenvalue weighted by molar-refractivity contribution is 5.48. The smallest absolute Gasteiger partial charge is 0.133 e. The summed E-state index contributed by atoms with van der Waals surface area (Å²) < 4.78 is 0. The molecule has 0 amide bonds. The minimum Gasteiger partial charge on any atom is -0.369 e. The topological polar surface area (TPSA) is 50.7 Å². The molecular formula is C17H22N4. The van der Waals surface area contributed by atoms with E-state index in [9.17, 15) is 0 Å². The second kappa shape index (κ2) is 6.20. The Kier molecular flexibility index (Phi) is 4.13. The summed E-state index contributed by atoms with van der Waals surface area (Å²) >= 11 is 0. The Balaban J connectivity index is 1.71. The van der Waals surface area contributed by atoms with Crippen molar-refractivity contribution in [3.8, 4) is 0 Å². The van der Waals surface area contributed by atoms with E-state index < -0.39 is 0 Å². The van der Waals surface area contributed by atoms with E-state index in [0.29, 0.717) is 0 Å². The minimum atomic E-state index is 0.873. The van der Waals surface area contributed by atoms with Crippen LogP contribution >= 0.6 is 0 Å². The fourth-order valence-corrected chi connectivity index (χ4v) is 2.96. The number of rotatable bonds is 4. The third kappa shape index (κ3) is 3.20. The number of hydrogen-bond donors (Lipinski definition) is 1. The molecule has 2 aromatic rings. The molecule has 0 aliphatic heterocycles. The van der Waals surface area contributed by atoms with Crippen LogP contribution in [0.3, 0.4) is 0 Å². The van der Waals surface area contributed by atoms with E-state index in [2.05, 4.69) is 33.3 Å². The number of nitrogens with one attached hydrogen (secondary N) is 1. The van der Waals surface area contributed by atoms with Crippen LogP contribution in [0.25, 0.3) is 0 Å². The number of hydrogen-bond acceptors (Lipinski definition) is 4. The lowest BCUT2D eigenvalue weighted by molar-refractivity contribution is 0.659. The van der Waals surface area contributed by atoms with E-state index in [1.807, 2.05) is 19.3 Å². The van der Waals surface area contributed by atoms with Crippen LogP contribution in [-0.2, 0) is 19.3 Å². The van der Waals surface area contributed by atoms with E-state index >= 15 is 0 Å². The molecule has 1 aliphatic carbocycles. The summed E-state index contributed by atoms with van der Waals surface area (Å²) in [6.45, 7) is 4.99. The van der Waals surface area contributed by atoms with Crippen molar-refractivity contribution >= 4 is 5.82 Å². The molecule has 2 aromatic heterocycles. The standard InChI is InChI=1S/C17H22N4/c1-12-11-18-9-7-14(12)8-10-19-17-15-5-3-4-6-16(15)20-13(2)21-17/h7,9,11H,3-6,8,10H2,1-2H3,(H,19,20,21). The molecule has 4 heteroatoms. The summed E-state index contributed by atoms with van der Waals surface area (Å²) in [5, 5.41) is 3.52. The van der Waals surface area contributed by atoms with Crippen LogP contribution in [0.15, 0.2) is 18.5 Å². The summed E-state index contributed by atoms with van der Waals surface area (Å²) in [6.07, 6.45) is 9.47. The molecule has 0 spiro atoms. The molecule has 110 valence electrons. The lowest BCUT2D eigenvalue weighted by Crippen LogP contribution is -2.15. The lowest BCUT2D eigenvalue weighted by Gasteiger charge is -2.19. The zero-order valence-corrected chi connectivity index (χ0v) is 12.8. The van der Waals surface area contributed by atoms with Gasteiger partial charge in [0, 0.05) is 30.2 Å². The summed E-state index contributed by atoms with van der Waals surface area (Å²) in [5.41, 5.74) is 5.17. The monoisotopic (exact) mass is 282 g/mol. The Labute approximate surface area is 126 Å². The molecule has 0 fully saturated rings. The molecular weight excluding hydrogens is 260 g/mol. The van der Waals surface area contributed by atoms with E-state index in [1.54, 1.807) is 0 Å². The molecule has 1 N–H and O–H groups in total. The van der Waals surface area contributed by atoms with Crippen molar-refractivity contribution in [2.24, 2.45) is 0 Å². The van der Waals surface area contributed by atoms with Gasteiger partial charge in [0.15, 0.2) is 0 Å². The molecule has 0 saturated heterocycles. The van der Waals surface area contributed by atoms with Crippen LogP contribution < -0.4 is 5.32 Å². The zero-order valence-electron chi connectivity index (χ0n) is 12.8. The Morgan fingerprint density at radius 2 is 2.00 bits per heavy atom. The first-order chi connectivity index (χ1) is 10.2. The van der Waals surface area contributed by atoms with Gasteiger partial charge < -0.3 is 5.32 Å². The number of anilines is 1. The second-order valence-corrected chi connectivity index (χ2v) is 5.73. The molecule has 2 heterocycles. The molecule has 0 bridgehead atoms. The van der Waals surface area contributed by atoms with E-state index in [0.717, 1.165) is 37.4 Å². The van der Waals surface area contributed by atoms with Crippen LogP contribution in [0.4, 0.5) is 5.82 Å². The normalized spacial score (nSPS) is 13.8. The SMILES string of the molecule is Cc1nc2c(c(NCCc3ccncc3C)n1)CCCC2. The van der Waals surface area contributed by atoms with Gasteiger partial charge >= 0.3 is 0 Å². The van der Waals surface area contributed by atoms with Gasteiger partial charge in [0.1, 0.15) is 11.6 Å². The molecule has 0 radical (unpaired) electrons. The van der Waals surface area contributed by atoms with Crippen LogP contribution in [0.1, 0.15) is 41.1 Å². The first kappa shape index (κ1) is 14.0. The summed E-state index contributed by atoms with van der Waals surface area (Å²) in [7, 11) is 0. The molecule has 1 aliphatic rings. The average Bonchev–Trinajstić information content (AvgIpc) is 2.49. The molecule has 0 aromatic carbocycles. The quantitative estimate of drug-likeness (QED) is 0.936. The highest BCUT2D eigenvalue weighted by Crippen LogP contribution is 2.25. The number of nitrogens with zero attached hydrogens (tertiary/aromatic N) is 3. The van der Waals surface area contributed by atoms with Crippen molar-refractivity contribution in [3.63, 3.8) is 0 Å². The van der Waals surface area contributed by atoms with Crippen molar-refractivity contribution in [1.29, 1.82) is 0 Å². The van der Waals surface area contributed by atoms with Crippen LogP contribution in [0, 0.1) is 13.8 Å². The van der Waals surface area contributed by atoms with Gasteiger partial charge in [-0.15, -0.1) is 0 Å². The second-order valence-electron chi connectivity index (χ2n) is 5.73. The number of fused-ring (bicyclic) bond motifs is 1. The first-order valence-corrected chi connectivity index (χ1v) is 7.74. The molecule has 4 nitrogen and oxygen atoms in total.